The number of benzene rings is 2. The predicted molar refractivity (Wildman–Crippen MR) is 85.3 cm³/mol. The number of hydrogen-bond donors (Lipinski definition) is 1. The summed E-state index contributed by atoms with van der Waals surface area (Å²) in [7, 11) is 0. The van der Waals surface area contributed by atoms with E-state index in [0.29, 0.717) is 0 Å². The summed E-state index contributed by atoms with van der Waals surface area (Å²) in [4.78, 5) is 14.0. The van der Waals surface area contributed by atoms with Crippen molar-refractivity contribution in [1.82, 2.24) is 0 Å². The van der Waals surface area contributed by atoms with Crippen LogP contribution >= 0.6 is 0 Å². The Labute approximate surface area is 125 Å². The Kier molecular flexibility index (Phi) is 3.30. The molecule has 0 saturated carbocycles. The van der Waals surface area contributed by atoms with Crippen molar-refractivity contribution in [2.45, 2.75) is 32.9 Å². The molecule has 2 aromatic carbocycles. The number of carbonyl (C=O) groups is 1. The summed E-state index contributed by atoms with van der Waals surface area (Å²) in [6, 6.07) is 13.8. The molecule has 1 heterocycles. The molecular weight excluding hydrogens is 260 g/mol. The predicted octanol–water partition coefficient (Wildman–Crippen LogP) is 3.03. The van der Waals surface area contributed by atoms with E-state index in [0.717, 1.165) is 11.3 Å². The van der Waals surface area contributed by atoms with Gasteiger partial charge in [0.2, 0.25) is 5.91 Å². The zero-order valence-corrected chi connectivity index (χ0v) is 12.6. The fourth-order valence-corrected chi connectivity index (χ4v) is 2.79. The largest absolute Gasteiger partial charge is 0.318 e. The normalized spacial score (nSPS) is 21.3. The van der Waals surface area contributed by atoms with Gasteiger partial charge in [0.15, 0.2) is 0 Å². The minimum atomic E-state index is -0.450. The van der Waals surface area contributed by atoms with Crippen LogP contribution in [0.1, 0.15) is 28.3 Å². The van der Waals surface area contributed by atoms with Crippen molar-refractivity contribution in [3.63, 3.8) is 0 Å². The van der Waals surface area contributed by atoms with Crippen molar-refractivity contribution in [2.24, 2.45) is 5.73 Å². The number of nitrogens with zero attached hydrogens (tertiary/aromatic N) is 1. The summed E-state index contributed by atoms with van der Waals surface area (Å²) in [6.07, 6.45) is 0. The topological polar surface area (TPSA) is 46.3 Å². The maximum Gasteiger partial charge on any atom is 0.247 e. The zero-order chi connectivity index (χ0) is 15.1. The number of nitrogens with two attached hydrogens (primary N) is 1. The van der Waals surface area contributed by atoms with Gasteiger partial charge in [0.05, 0.1) is 6.04 Å². The SMILES string of the molecule is Cc1ccc([C@H]2[C@@H](N)C(=O)N2c2ccc(C)c(C)c2)cc1. The molecule has 2 N–H and O–H groups in total. The molecule has 3 heteroatoms. The highest BCUT2D eigenvalue weighted by Gasteiger charge is 2.46. The van der Waals surface area contributed by atoms with Gasteiger partial charge < -0.3 is 10.6 Å². The number of rotatable bonds is 2. The monoisotopic (exact) mass is 280 g/mol. The molecule has 0 unspecified atom stereocenters. The second-order valence-corrected chi connectivity index (χ2v) is 5.86. The number of amides is 1. The molecule has 0 bridgehead atoms. The summed E-state index contributed by atoms with van der Waals surface area (Å²) in [5.74, 6) is -0.0103. The zero-order valence-electron chi connectivity index (χ0n) is 12.6. The molecule has 0 spiro atoms. The minimum absolute atomic E-state index is 0.0103. The van der Waals surface area contributed by atoms with Crippen LogP contribution in [0.5, 0.6) is 0 Å². The molecule has 0 radical (unpaired) electrons. The first kappa shape index (κ1) is 13.8. The molecule has 3 rings (SSSR count). The Morgan fingerprint density at radius 2 is 1.62 bits per heavy atom. The number of carbonyl (C=O) groups excluding carboxylic acids is 1. The first-order valence-electron chi connectivity index (χ1n) is 7.21. The molecule has 0 aliphatic carbocycles. The smallest absolute Gasteiger partial charge is 0.247 e. The Morgan fingerprint density at radius 1 is 0.952 bits per heavy atom. The first-order chi connectivity index (χ1) is 9.99. The van der Waals surface area contributed by atoms with Crippen LogP contribution in [0.3, 0.4) is 0 Å². The lowest BCUT2D eigenvalue weighted by Gasteiger charge is -2.45. The highest BCUT2D eigenvalue weighted by Crippen LogP contribution is 2.38. The number of anilines is 1. The average molecular weight is 280 g/mol. The van der Waals surface area contributed by atoms with E-state index in [2.05, 4.69) is 51.1 Å². The summed E-state index contributed by atoms with van der Waals surface area (Å²) in [5.41, 5.74) is 11.7. The summed E-state index contributed by atoms with van der Waals surface area (Å²) in [6.45, 7) is 6.18. The Bertz CT molecular complexity index is 691. The van der Waals surface area contributed by atoms with Crippen LogP contribution in [0.4, 0.5) is 5.69 Å². The van der Waals surface area contributed by atoms with Crippen molar-refractivity contribution < 1.29 is 4.79 Å². The molecule has 0 aromatic heterocycles. The number of hydrogen-bond acceptors (Lipinski definition) is 2. The fourth-order valence-electron chi connectivity index (χ4n) is 2.79. The lowest BCUT2D eigenvalue weighted by Crippen LogP contribution is -2.63. The van der Waals surface area contributed by atoms with Crippen molar-refractivity contribution in [3.05, 3.63) is 64.7 Å². The van der Waals surface area contributed by atoms with Crippen LogP contribution in [0.2, 0.25) is 0 Å². The van der Waals surface area contributed by atoms with E-state index in [1.54, 1.807) is 0 Å². The maximum atomic E-state index is 12.2. The lowest BCUT2D eigenvalue weighted by atomic mass is 9.87. The van der Waals surface area contributed by atoms with Crippen molar-refractivity contribution >= 4 is 11.6 Å². The standard InChI is InChI=1S/C18H20N2O/c1-11-4-7-14(8-5-11)17-16(19)18(21)20(17)15-9-6-12(2)13(3)10-15/h4-10,16-17H,19H2,1-3H3/t16-,17+/m1/s1. The van der Waals surface area contributed by atoms with E-state index in [1.165, 1.54) is 16.7 Å². The molecule has 1 aliphatic rings. The molecule has 21 heavy (non-hydrogen) atoms. The Morgan fingerprint density at radius 3 is 2.24 bits per heavy atom. The van der Waals surface area contributed by atoms with Crippen molar-refractivity contribution in [2.75, 3.05) is 4.90 Å². The van der Waals surface area contributed by atoms with E-state index in [4.69, 9.17) is 5.73 Å². The maximum absolute atomic E-state index is 12.2. The minimum Gasteiger partial charge on any atom is -0.318 e. The van der Waals surface area contributed by atoms with Crippen molar-refractivity contribution in [3.8, 4) is 0 Å². The Hall–Kier alpha value is -2.13. The third kappa shape index (κ3) is 2.24. The first-order valence-corrected chi connectivity index (χ1v) is 7.21. The van der Waals surface area contributed by atoms with E-state index in [1.807, 2.05) is 17.0 Å². The van der Waals surface area contributed by atoms with Gasteiger partial charge in [-0.25, -0.2) is 0 Å². The van der Waals surface area contributed by atoms with Crippen molar-refractivity contribution in [1.29, 1.82) is 0 Å². The average Bonchev–Trinajstić information content (AvgIpc) is 2.48. The molecule has 1 fully saturated rings. The highest BCUT2D eigenvalue weighted by molar-refractivity contribution is 6.05. The van der Waals surface area contributed by atoms with Gasteiger partial charge in [-0.15, -0.1) is 0 Å². The molecule has 1 aliphatic heterocycles. The van der Waals surface area contributed by atoms with E-state index >= 15 is 0 Å². The van der Waals surface area contributed by atoms with E-state index in [-0.39, 0.29) is 11.9 Å². The molecule has 1 amide bonds. The van der Waals surface area contributed by atoms with Crippen LogP contribution in [-0.4, -0.2) is 11.9 Å². The summed E-state index contributed by atoms with van der Waals surface area (Å²) in [5, 5.41) is 0. The third-order valence-corrected chi connectivity index (χ3v) is 4.33. The summed E-state index contributed by atoms with van der Waals surface area (Å²) < 4.78 is 0. The summed E-state index contributed by atoms with van der Waals surface area (Å²) >= 11 is 0. The Balaban J connectivity index is 1.98. The van der Waals surface area contributed by atoms with Gasteiger partial charge in [0.1, 0.15) is 6.04 Å². The van der Waals surface area contributed by atoms with E-state index < -0.39 is 6.04 Å². The van der Waals surface area contributed by atoms with E-state index in [9.17, 15) is 4.79 Å². The van der Waals surface area contributed by atoms with Gasteiger partial charge in [0.25, 0.3) is 0 Å². The highest BCUT2D eigenvalue weighted by atomic mass is 16.2. The number of aryl methyl sites for hydroxylation is 3. The molecule has 108 valence electrons. The molecule has 2 atom stereocenters. The molecular formula is C18H20N2O. The molecule has 3 nitrogen and oxygen atoms in total. The quantitative estimate of drug-likeness (QED) is 0.859. The van der Waals surface area contributed by atoms with Crippen LogP contribution in [0.15, 0.2) is 42.5 Å². The van der Waals surface area contributed by atoms with Gasteiger partial charge in [-0.1, -0.05) is 35.9 Å². The number of β-lactam (4-membered cyclic amide) rings is 1. The van der Waals surface area contributed by atoms with Gasteiger partial charge in [-0.2, -0.15) is 0 Å². The van der Waals surface area contributed by atoms with Crippen LogP contribution < -0.4 is 10.6 Å². The fraction of sp³-hybridized carbons (Fsp3) is 0.278. The van der Waals surface area contributed by atoms with Crippen LogP contribution in [-0.2, 0) is 4.79 Å². The van der Waals surface area contributed by atoms with Gasteiger partial charge in [0, 0.05) is 5.69 Å². The molecule has 1 saturated heterocycles. The lowest BCUT2D eigenvalue weighted by molar-refractivity contribution is -0.126. The van der Waals surface area contributed by atoms with Gasteiger partial charge in [-0.05, 0) is 49.6 Å². The van der Waals surface area contributed by atoms with Gasteiger partial charge in [-0.3, -0.25) is 4.79 Å². The van der Waals surface area contributed by atoms with Crippen LogP contribution in [0, 0.1) is 20.8 Å². The second kappa shape index (κ2) is 5.01. The van der Waals surface area contributed by atoms with Gasteiger partial charge >= 0.3 is 0 Å². The third-order valence-electron chi connectivity index (χ3n) is 4.33. The molecule has 2 aromatic rings. The van der Waals surface area contributed by atoms with Crippen LogP contribution in [0.25, 0.3) is 0 Å². The second-order valence-electron chi connectivity index (χ2n) is 5.86.